The minimum absolute atomic E-state index is 0.298. The molecule has 1 heterocycles. The Morgan fingerprint density at radius 2 is 2.13 bits per heavy atom. The van der Waals surface area contributed by atoms with E-state index in [0.717, 1.165) is 6.07 Å². The number of alkyl halides is 1. The molecule has 4 heteroatoms. The number of benzene rings is 1. The largest absolute Gasteiger partial charge is 0.375 e. The molecule has 0 fully saturated rings. The van der Waals surface area contributed by atoms with E-state index >= 15 is 0 Å². The van der Waals surface area contributed by atoms with Crippen LogP contribution in [0, 0.1) is 11.6 Å². The average molecular weight is 274 g/mol. The fourth-order valence-corrected chi connectivity index (χ4v) is 1.88. The van der Waals surface area contributed by atoms with E-state index in [4.69, 9.17) is 0 Å². The van der Waals surface area contributed by atoms with Crippen molar-refractivity contribution < 1.29 is 8.78 Å². The van der Waals surface area contributed by atoms with Crippen molar-refractivity contribution in [1.29, 1.82) is 0 Å². The first kappa shape index (κ1) is 10.6. The summed E-state index contributed by atoms with van der Waals surface area (Å²) >= 11 is 3.35. The third-order valence-corrected chi connectivity index (χ3v) is 3.57. The van der Waals surface area contributed by atoms with Gasteiger partial charge in [-0.1, -0.05) is 28.1 Å². The van der Waals surface area contributed by atoms with Crippen molar-refractivity contribution in [1.82, 2.24) is 0 Å². The highest BCUT2D eigenvalue weighted by molar-refractivity contribution is 9.09. The van der Waals surface area contributed by atoms with Crippen LogP contribution in [0.1, 0.15) is 12.5 Å². The van der Waals surface area contributed by atoms with Crippen LogP contribution in [0.25, 0.3) is 6.08 Å². The number of fused-ring (bicyclic) bond motifs is 1. The lowest BCUT2D eigenvalue weighted by Gasteiger charge is -2.31. The van der Waals surface area contributed by atoms with E-state index in [9.17, 15) is 8.78 Å². The van der Waals surface area contributed by atoms with Crippen LogP contribution in [0.15, 0.2) is 18.2 Å². The van der Waals surface area contributed by atoms with Crippen molar-refractivity contribution in [3.63, 3.8) is 0 Å². The van der Waals surface area contributed by atoms with Crippen LogP contribution in [0.2, 0.25) is 0 Å². The molecule has 0 aliphatic carbocycles. The van der Waals surface area contributed by atoms with Gasteiger partial charge < -0.3 is 5.32 Å². The Labute approximate surface area is 95.3 Å². The molecule has 2 rings (SSSR count). The van der Waals surface area contributed by atoms with Crippen LogP contribution >= 0.6 is 15.9 Å². The zero-order valence-electron chi connectivity index (χ0n) is 8.15. The summed E-state index contributed by atoms with van der Waals surface area (Å²) in [6.07, 6.45) is 3.55. The van der Waals surface area contributed by atoms with Gasteiger partial charge in [-0.2, -0.15) is 0 Å². The predicted molar refractivity (Wildman–Crippen MR) is 61.2 cm³/mol. The highest BCUT2D eigenvalue weighted by Crippen LogP contribution is 2.31. The van der Waals surface area contributed by atoms with Gasteiger partial charge in [-0.25, -0.2) is 8.78 Å². The number of anilines is 1. The third-order valence-electron chi connectivity index (χ3n) is 2.41. The maximum absolute atomic E-state index is 13.3. The molecule has 1 aromatic carbocycles. The second-order valence-corrected chi connectivity index (χ2v) is 4.42. The zero-order chi connectivity index (χ0) is 11.1. The topological polar surface area (TPSA) is 12.0 Å². The number of halogens is 3. The van der Waals surface area contributed by atoms with Crippen molar-refractivity contribution in [3.05, 3.63) is 35.4 Å². The number of nitrogens with one attached hydrogen (secondary N) is 1. The van der Waals surface area contributed by atoms with Gasteiger partial charge in [0.1, 0.15) is 11.6 Å². The Hall–Kier alpha value is -0.900. The Morgan fingerprint density at radius 3 is 2.80 bits per heavy atom. The van der Waals surface area contributed by atoms with Crippen LogP contribution in [0.5, 0.6) is 0 Å². The molecule has 0 radical (unpaired) electrons. The monoisotopic (exact) mass is 273 g/mol. The van der Waals surface area contributed by atoms with E-state index in [0.29, 0.717) is 16.6 Å². The molecule has 15 heavy (non-hydrogen) atoms. The van der Waals surface area contributed by atoms with Crippen LogP contribution in [-0.4, -0.2) is 10.9 Å². The van der Waals surface area contributed by atoms with Crippen molar-refractivity contribution in [3.8, 4) is 0 Å². The van der Waals surface area contributed by atoms with Gasteiger partial charge in [-0.05, 0) is 13.0 Å². The summed E-state index contributed by atoms with van der Waals surface area (Å²) in [6, 6.07) is 2.20. The molecule has 1 atom stereocenters. The van der Waals surface area contributed by atoms with Gasteiger partial charge in [0.05, 0.1) is 5.54 Å². The zero-order valence-corrected chi connectivity index (χ0v) is 9.74. The van der Waals surface area contributed by atoms with Crippen molar-refractivity contribution in [2.45, 2.75) is 12.5 Å². The summed E-state index contributed by atoms with van der Waals surface area (Å²) in [5.41, 5.74) is 0.611. The van der Waals surface area contributed by atoms with Gasteiger partial charge in [0.2, 0.25) is 0 Å². The van der Waals surface area contributed by atoms with E-state index in [1.165, 1.54) is 6.07 Å². The summed E-state index contributed by atoms with van der Waals surface area (Å²) in [5.74, 6) is -1.10. The van der Waals surface area contributed by atoms with Gasteiger partial charge in [0, 0.05) is 22.6 Å². The molecule has 0 saturated carbocycles. The minimum Gasteiger partial charge on any atom is -0.375 e. The Morgan fingerprint density at radius 1 is 1.40 bits per heavy atom. The maximum Gasteiger partial charge on any atom is 0.135 e. The van der Waals surface area contributed by atoms with E-state index in [2.05, 4.69) is 21.2 Å². The molecular formula is C11H10BrF2N. The summed E-state index contributed by atoms with van der Waals surface area (Å²) in [6.45, 7) is 1.95. The number of hydrogen-bond acceptors (Lipinski definition) is 1. The summed E-state index contributed by atoms with van der Waals surface area (Å²) in [4.78, 5) is 0. The van der Waals surface area contributed by atoms with Crippen LogP contribution in [0.3, 0.4) is 0 Å². The molecule has 1 aromatic rings. The molecule has 0 aromatic heterocycles. The minimum atomic E-state index is -0.564. The third kappa shape index (κ3) is 1.91. The number of rotatable bonds is 1. The molecule has 0 bridgehead atoms. The highest BCUT2D eigenvalue weighted by atomic mass is 79.9. The van der Waals surface area contributed by atoms with Crippen LogP contribution in [-0.2, 0) is 0 Å². The van der Waals surface area contributed by atoms with E-state index in [1.807, 2.05) is 13.0 Å². The normalized spacial score (nSPS) is 23.5. The van der Waals surface area contributed by atoms with E-state index in [1.54, 1.807) is 6.08 Å². The van der Waals surface area contributed by atoms with Gasteiger partial charge >= 0.3 is 0 Å². The van der Waals surface area contributed by atoms with Gasteiger partial charge in [0.15, 0.2) is 0 Å². The molecule has 1 aliphatic heterocycles. The summed E-state index contributed by atoms with van der Waals surface area (Å²) in [7, 11) is 0. The Kier molecular flexibility index (Phi) is 2.54. The van der Waals surface area contributed by atoms with E-state index in [-0.39, 0.29) is 5.54 Å². The van der Waals surface area contributed by atoms with Crippen LogP contribution in [0.4, 0.5) is 14.5 Å². The lowest BCUT2D eigenvalue weighted by Crippen LogP contribution is -2.36. The fourth-order valence-electron chi connectivity index (χ4n) is 1.55. The molecule has 1 aliphatic rings. The first-order valence-electron chi connectivity index (χ1n) is 4.56. The van der Waals surface area contributed by atoms with Gasteiger partial charge in [-0.3, -0.25) is 0 Å². The summed E-state index contributed by atoms with van der Waals surface area (Å²) in [5, 5.41) is 3.77. The fraction of sp³-hybridized carbons (Fsp3) is 0.273. The number of hydrogen-bond donors (Lipinski definition) is 1. The summed E-state index contributed by atoms with van der Waals surface area (Å²) < 4.78 is 26.3. The first-order valence-corrected chi connectivity index (χ1v) is 5.69. The molecule has 1 N–H and O–H groups in total. The van der Waals surface area contributed by atoms with Crippen molar-refractivity contribution in [2.75, 3.05) is 10.6 Å². The predicted octanol–water partition coefficient (Wildman–Crippen LogP) is 3.56. The molecular weight excluding hydrogens is 264 g/mol. The Bertz CT molecular complexity index is 431. The van der Waals surface area contributed by atoms with Gasteiger partial charge in [-0.15, -0.1) is 0 Å². The second-order valence-electron chi connectivity index (χ2n) is 3.86. The van der Waals surface area contributed by atoms with Gasteiger partial charge in [0.25, 0.3) is 0 Å². The maximum atomic E-state index is 13.3. The lowest BCUT2D eigenvalue weighted by molar-refractivity contribution is 0.579. The van der Waals surface area contributed by atoms with Crippen molar-refractivity contribution >= 4 is 27.7 Å². The smallest absolute Gasteiger partial charge is 0.135 e. The first-order chi connectivity index (χ1) is 7.04. The van der Waals surface area contributed by atoms with Crippen LogP contribution < -0.4 is 5.32 Å². The molecule has 0 saturated heterocycles. The standard InChI is InChI=1S/C11H10BrF2N/c1-11(6-12)3-2-8-9(14)4-7(13)5-10(8)15-11/h2-5,15H,6H2,1H3. The molecule has 0 amide bonds. The average Bonchev–Trinajstić information content (AvgIpc) is 2.16. The van der Waals surface area contributed by atoms with E-state index < -0.39 is 11.6 Å². The SMILES string of the molecule is CC1(CBr)C=Cc2c(F)cc(F)cc2N1. The molecule has 80 valence electrons. The van der Waals surface area contributed by atoms with Crippen molar-refractivity contribution in [2.24, 2.45) is 0 Å². The lowest BCUT2D eigenvalue weighted by atomic mass is 9.96. The molecule has 1 nitrogen and oxygen atoms in total. The molecule has 0 spiro atoms. The quantitative estimate of drug-likeness (QED) is 0.772. The Balaban J connectivity index is 2.50. The molecule has 1 unspecified atom stereocenters. The highest BCUT2D eigenvalue weighted by Gasteiger charge is 2.25. The second kappa shape index (κ2) is 3.59.